The van der Waals surface area contributed by atoms with Gasteiger partial charge >= 0.3 is 0 Å². The van der Waals surface area contributed by atoms with E-state index in [0.717, 1.165) is 31.1 Å². The number of amides is 1. The highest BCUT2D eigenvalue weighted by molar-refractivity contribution is 5.92. The average molecular weight is 352 g/mol. The van der Waals surface area contributed by atoms with Crippen molar-refractivity contribution in [3.63, 3.8) is 0 Å². The van der Waals surface area contributed by atoms with Crippen LogP contribution in [-0.4, -0.2) is 30.7 Å². The number of aryl methyl sites for hydroxylation is 1. The van der Waals surface area contributed by atoms with Gasteiger partial charge in [-0.1, -0.05) is 36.3 Å². The molecule has 1 aliphatic rings. The third kappa shape index (κ3) is 2.98. The lowest BCUT2D eigenvalue weighted by Gasteiger charge is -2.16. The number of aromatic nitrogens is 5. The van der Waals surface area contributed by atoms with Crippen molar-refractivity contribution in [2.24, 2.45) is 7.05 Å². The van der Waals surface area contributed by atoms with Gasteiger partial charge in [0.05, 0.1) is 29.9 Å². The van der Waals surface area contributed by atoms with Crippen LogP contribution in [0.25, 0.3) is 10.8 Å². The van der Waals surface area contributed by atoms with Crippen LogP contribution < -0.4 is 10.9 Å². The second-order valence-corrected chi connectivity index (χ2v) is 6.64. The van der Waals surface area contributed by atoms with Crippen molar-refractivity contribution >= 4 is 16.7 Å². The fourth-order valence-electron chi connectivity index (χ4n) is 3.51. The topological polar surface area (TPSA) is 94.7 Å². The number of nitrogens with zero attached hydrogens (tertiary/aromatic N) is 5. The predicted octanol–water partition coefficient (Wildman–Crippen LogP) is 1.57. The first kappa shape index (κ1) is 16.4. The van der Waals surface area contributed by atoms with E-state index in [1.54, 1.807) is 17.9 Å². The van der Waals surface area contributed by atoms with Gasteiger partial charge in [0.15, 0.2) is 5.69 Å². The monoisotopic (exact) mass is 352 g/mol. The van der Waals surface area contributed by atoms with Crippen molar-refractivity contribution in [2.45, 2.75) is 38.3 Å². The third-order valence-electron chi connectivity index (χ3n) is 4.83. The number of nitrogens with one attached hydrogen (secondary N) is 1. The van der Waals surface area contributed by atoms with Crippen molar-refractivity contribution in [1.29, 1.82) is 0 Å². The number of carbonyl (C=O) groups is 1. The molecule has 1 amide bonds. The van der Waals surface area contributed by atoms with Gasteiger partial charge in [-0.3, -0.25) is 14.3 Å². The van der Waals surface area contributed by atoms with Crippen molar-refractivity contribution < 1.29 is 4.79 Å². The van der Waals surface area contributed by atoms with E-state index in [0.29, 0.717) is 11.1 Å². The molecule has 0 bridgehead atoms. The molecule has 1 N–H and O–H groups in total. The normalized spacial score (nSPS) is 14.8. The summed E-state index contributed by atoms with van der Waals surface area (Å²) in [6.07, 6.45) is 5.72. The van der Waals surface area contributed by atoms with E-state index in [9.17, 15) is 9.59 Å². The van der Waals surface area contributed by atoms with E-state index in [1.165, 1.54) is 4.68 Å². The Kier molecular flexibility index (Phi) is 4.24. The largest absolute Gasteiger partial charge is 0.345 e. The molecule has 3 aromatic rings. The fraction of sp³-hybridized carbons (Fsp3) is 0.389. The van der Waals surface area contributed by atoms with Crippen molar-refractivity contribution in [3.8, 4) is 0 Å². The quantitative estimate of drug-likeness (QED) is 0.769. The SMILES string of the molecule is Cn1cc(C(=O)NCc2nn(C3CCCC3)c(=O)c3ccccc23)nn1. The van der Waals surface area contributed by atoms with E-state index in [-0.39, 0.29) is 29.7 Å². The first-order valence-corrected chi connectivity index (χ1v) is 8.78. The van der Waals surface area contributed by atoms with E-state index in [2.05, 4.69) is 20.7 Å². The number of hydrogen-bond donors (Lipinski definition) is 1. The molecule has 0 unspecified atom stereocenters. The molecule has 1 saturated carbocycles. The zero-order valence-corrected chi connectivity index (χ0v) is 14.6. The molecule has 4 rings (SSSR count). The molecule has 0 aliphatic heterocycles. The van der Waals surface area contributed by atoms with Gasteiger partial charge in [-0.15, -0.1) is 5.10 Å². The predicted molar refractivity (Wildman–Crippen MR) is 95.7 cm³/mol. The number of fused-ring (bicyclic) bond motifs is 1. The highest BCUT2D eigenvalue weighted by Crippen LogP contribution is 2.28. The van der Waals surface area contributed by atoms with Gasteiger partial charge in [0, 0.05) is 12.4 Å². The van der Waals surface area contributed by atoms with Gasteiger partial charge in [0.25, 0.3) is 11.5 Å². The van der Waals surface area contributed by atoms with Crippen LogP contribution in [0.3, 0.4) is 0 Å². The molecule has 2 aromatic heterocycles. The Labute approximate surface area is 149 Å². The van der Waals surface area contributed by atoms with Crippen LogP contribution in [0.5, 0.6) is 0 Å². The number of benzene rings is 1. The number of carbonyl (C=O) groups excluding carboxylic acids is 1. The molecule has 8 heteroatoms. The summed E-state index contributed by atoms with van der Waals surface area (Å²) in [5.74, 6) is -0.317. The Hall–Kier alpha value is -3.03. The Bertz CT molecular complexity index is 1020. The molecule has 134 valence electrons. The molecule has 1 aliphatic carbocycles. The van der Waals surface area contributed by atoms with E-state index in [4.69, 9.17) is 0 Å². The van der Waals surface area contributed by atoms with Crippen LogP contribution in [0.15, 0.2) is 35.3 Å². The molecule has 1 fully saturated rings. The van der Waals surface area contributed by atoms with Crippen molar-refractivity contribution in [1.82, 2.24) is 30.1 Å². The van der Waals surface area contributed by atoms with Crippen LogP contribution in [-0.2, 0) is 13.6 Å². The summed E-state index contributed by atoms with van der Waals surface area (Å²) in [7, 11) is 1.70. The highest BCUT2D eigenvalue weighted by atomic mass is 16.2. The molecular weight excluding hydrogens is 332 g/mol. The summed E-state index contributed by atoms with van der Waals surface area (Å²) in [5.41, 5.74) is 0.877. The Balaban J connectivity index is 1.68. The maximum atomic E-state index is 12.8. The van der Waals surface area contributed by atoms with Gasteiger partial charge < -0.3 is 5.32 Å². The second-order valence-electron chi connectivity index (χ2n) is 6.64. The van der Waals surface area contributed by atoms with Crippen LogP contribution >= 0.6 is 0 Å². The van der Waals surface area contributed by atoms with Crippen molar-refractivity contribution in [2.75, 3.05) is 0 Å². The minimum absolute atomic E-state index is 0.0588. The molecule has 26 heavy (non-hydrogen) atoms. The standard InChI is InChI=1S/C18H20N6O2/c1-23-11-16(20-22-23)17(25)19-10-15-13-8-4-5-9-14(13)18(26)24(21-15)12-6-2-3-7-12/h4-5,8-9,11-12H,2-3,6-7,10H2,1H3,(H,19,25). The number of hydrogen-bond acceptors (Lipinski definition) is 5. The summed E-state index contributed by atoms with van der Waals surface area (Å²) in [6, 6.07) is 7.55. The molecular formula is C18H20N6O2. The van der Waals surface area contributed by atoms with Gasteiger partial charge in [-0.25, -0.2) is 4.68 Å². The average Bonchev–Trinajstić information content (AvgIpc) is 3.33. The Morgan fingerprint density at radius 2 is 1.96 bits per heavy atom. The van der Waals surface area contributed by atoms with E-state index in [1.807, 2.05) is 24.3 Å². The third-order valence-corrected chi connectivity index (χ3v) is 4.83. The van der Waals surface area contributed by atoms with Crippen LogP contribution in [0, 0.1) is 0 Å². The summed E-state index contributed by atoms with van der Waals surface area (Å²) in [4.78, 5) is 25.1. The molecule has 0 saturated heterocycles. The minimum Gasteiger partial charge on any atom is -0.345 e. The Morgan fingerprint density at radius 1 is 1.23 bits per heavy atom. The molecule has 2 heterocycles. The summed E-state index contributed by atoms with van der Waals surface area (Å²) < 4.78 is 3.09. The first-order chi connectivity index (χ1) is 12.6. The fourth-order valence-corrected chi connectivity index (χ4v) is 3.51. The second kappa shape index (κ2) is 6.70. The zero-order valence-electron chi connectivity index (χ0n) is 14.6. The molecule has 8 nitrogen and oxygen atoms in total. The van der Waals surface area contributed by atoms with Crippen LogP contribution in [0.2, 0.25) is 0 Å². The molecule has 0 radical (unpaired) electrons. The molecule has 0 atom stereocenters. The maximum Gasteiger partial charge on any atom is 0.274 e. The van der Waals surface area contributed by atoms with E-state index >= 15 is 0 Å². The number of rotatable bonds is 4. The lowest BCUT2D eigenvalue weighted by Crippen LogP contribution is -2.30. The van der Waals surface area contributed by atoms with Crippen LogP contribution in [0.4, 0.5) is 0 Å². The summed E-state index contributed by atoms with van der Waals surface area (Å²) in [6.45, 7) is 0.225. The van der Waals surface area contributed by atoms with Gasteiger partial charge in [-0.05, 0) is 18.9 Å². The molecule has 1 aromatic carbocycles. The van der Waals surface area contributed by atoms with Gasteiger partial charge in [0.1, 0.15) is 0 Å². The Morgan fingerprint density at radius 3 is 2.65 bits per heavy atom. The summed E-state index contributed by atoms with van der Waals surface area (Å²) >= 11 is 0. The smallest absolute Gasteiger partial charge is 0.274 e. The van der Waals surface area contributed by atoms with Gasteiger partial charge in [0.2, 0.25) is 0 Å². The first-order valence-electron chi connectivity index (χ1n) is 8.78. The van der Waals surface area contributed by atoms with Gasteiger partial charge in [-0.2, -0.15) is 5.10 Å². The highest BCUT2D eigenvalue weighted by Gasteiger charge is 2.21. The lowest BCUT2D eigenvalue weighted by molar-refractivity contribution is 0.0945. The van der Waals surface area contributed by atoms with E-state index < -0.39 is 0 Å². The molecule has 0 spiro atoms. The maximum absolute atomic E-state index is 12.8. The van der Waals surface area contributed by atoms with Crippen LogP contribution in [0.1, 0.15) is 47.9 Å². The minimum atomic E-state index is -0.317. The lowest BCUT2D eigenvalue weighted by atomic mass is 10.1. The summed E-state index contributed by atoms with van der Waals surface area (Å²) in [5, 5.41) is 16.4. The van der Waals surface area contributed by atoms with Crippen molar-refractivity contribution in [3.05, 3.63) is 52.2 Å². The zero-order chi connectivity index (χ0) is 18.1.